The highest BCUT2D eigenvalue weighted by Gasteiger charge is 2.20. The fourth-order valence-corrected chi connectivity index (χ4v) is 3.15. The number of urea groups is 1. The summed E-state index contributed by atoms with van der Waals surface area (Å²) in [6.07, 6.45) is 0.805. The van der Waals surface area contributed by atoms with E-state index in [1.165, 1.54) is 7.11 Å². The second-order valence-electron chi connectivity index (χ2n) is 7.31. The van der Waals surface area contributed by atoms with E-state index in [0.29, 0.717) is 30.2 Å². The Kier molecular flexibility index (Phi) is 7.00. The fourth-order valence-electron chi connectivity index (χ4n) is 3.15. The summed E-state index contributed by atoms with van der Waals surface area (Å²) < 4.78 is 16.6. The summed E-state index contributed by atoms with van der Waals surface area (Å²) in [6, 6.07) is 12.2. The smallest absolute Gasteiger partial charge is 0.333 e. The van der Waals surface area contributed by atoms with Gasteiger partial charge < -0.3 is 19.5 Å². The maximum atomic E-state index is 12.3. The molecule has 2 aromatic carbocycles. The molecule has 0 fully saturated rings. The van der Waals surface area contributed by atoms with Crippen molar-refractivity contribution in [1.29, 1.82) is 0 Å². The predicted octanol–water partition coefficient (Wildman–Crippen LogP) is 2.68. The van der Waals surface area contributed by atoms with Crippen molar-refractivity contribution >= 4 is 11.9 Å². The van der Waals surface area contributed by atoms with Crippen molar-refractivity contribution in [2.24, 2.45) is 5.92 Å². The number of methoxy groups -OCH3 is 1. The average molecular weight is 413 g/mol. The molecule has 2 aromatic rings. The molecule has 1 heterocycles. The summed E-state index contributed by atoms with van der Waals surface area (Å²) in [5.41, 5.74) is 6.21. The third-order valence-electron chi connectivity index (χ3n) is 4.59. The van der Waals surface area contributed by atoms with Gasteiger partial charge in [-0.2, -0.15) is 0 Å². The highest BCUT2D eigenvalue weighted by atomic mass is 16.5. The molecule has 0 spiro atoms. The first kappa shape index (κ1) is 21.3. The van der Waals surface area contributed by atoms with Crippen LogP contribution < -0.4 is 30.4 Å². The molecular weight excluding hydrogens is 386 g/mol. The van der Waals surface area contributed by atoms with E-state index in [2.05, 4.69) is 16.2 Å². The highest BCUT2D eigenvalue weighted by Crippen LogP contribution is 2.29. The second-order valence-corrected chi connectivity index (χ2v) is 7.31. The Hall–Kier alpha value is -3.42. The summed E-state index contributed by atoms with van der Waals surface area (Å²) in [5.74, 6) is 1.59. The van der Waals surface area contributed by atoms with Gasteiger partial charge in [-0.15, -0.1) is 0 Å². The van der Waals surface area contributed by atoms with Crippen molar-refractivity contribution < 1.29 is 23.8 Å². The first-order valence-electron chi connectivity index (χ1n) is 9.86. The monoisotopic (exact) mass is 413 g/mol. The third kappa shape index (κ3) is 5.56. The van der Waals surface area contributed by atoms with Gasteiger partial charge in [0.15, 0.2) is 11.5 Å². The maximum absolute atomic E-state index is 12.3. The molecule has 0 saturated heterocycles. The zero-order valence-corrected chi connectivity index (χ0v) is 17.4. The van der Waals surface area contributed by atoms with Crippen molar-refractivity contribution in [2.45, 2.75) is 26.4 Å². The Morgan fingerprint density at radius 1 is 1.13 bits per heavy atom. The van der Waals surface area contributed by atoms with E-state index in [-0.39, 0.29) is 12.0 Å². The molecular formula is C22H27N3O5. The molecule has 3 rings (SSSR count). The van der Waals surface area contributed by atoms with E-state index >= 15 is 0 Å². The summed E-state index contributed by atoms with van der Waals surface area (Å²) in [4.78, 5) is 24.4. The standard InChI is InChI=1S/C22H27N3O5/c1-14(2)30-19-9-8-17(11-20(19)28-3)21(26)24-25-22(27)23-12-15-10-16-6-4-5-7-18(16)29-13-15/h4-9,11,14-15H,10,12-13H2,1-3H3,(H,24,26)(H2,23,25,27). The minimum absolute atomic E-state index is 0.0213. The molecule has 0 saturated carbocycles. The van der Waals surface area contributed by atoms with Crippen LogP contribution in [-0.4, -0.2) is 38.3 Å². The number of para-hydroxylation sites is 1. The Balaban J connectivity index is 1.46. The molecule has 8 nitrogen and oxygen atoms in total. The van der Waals surface area contributed by atoms with E-state index in [0.717, 1.165) is 17.7 Å². The van der Waals surface area contributed by atoms with Gasteiger partial charge in [-0.1, -0.05) is 18.2 Å². The van der Waals surface area contributed by atoms with Gasteiger partial charge in [0.25, 0.3) is 5.91 Å². The summed E-state index contributed by atoms with van der Waals surface area (Å²) in [5, 5.41) is 2.75. The van der Waals surface area contributed by atoms with Crippen molar-refractivity contribution in [3.63, 3.8) is 0 Å². The quantitative estimate of drug-likeness (QED) is 0.633. The number of ether oxygens (including phenoxy) is 3. The molecule has 1 unspecified atom stereocenters. The van der Waals surface area contributed by atoms with Gasteiger partial charge in [0.2, 0.25) is 0 Å². The van der Waals surface area contributed by atoms with Crippen molar-refractivity contribution in [3.05, 3.63) is 53.6 Å². The first-order valence-corrected chi connectivity index (χ1v) is 9.86. The van der Waals surface area contributed by atoms with Crippen LogP contribution in [0.15, 0.2) is 42.5 Å². The van der Waals surface area contributed by atoms with Crippen molar-refractivity contribution in [3.8, 4) is 17.2 Å². The molecule has 1 aliphatic rings. The number of rotatable bonds is 6. The number of carbonyl (C=O) groups excluding carboxylic acids is 2. The number of fused-ring (bicyclic) bond motifs is 1. The van der Waals surface area contributed by atoms with E-state index in [9.17, 15) is 9.59 Å². The van der Waals surface area contributed by atoms with Gasteiger partial charge >= 0.3 is 6.03 Å². The predicted molar refractivity (Wildman–Crippen MR) is 112 cm³/mol. The van der Waals surface area contributed by atoms with Crippen LogP contribution in [0.3, 0.4) is 0 Å². The molecule has 1 atom stereocenters. The number of carbonyl (C=O) groups is 2. The van der Waals surface area contributed by atoms with Gasteiger partial charge in [0.05, 0.1) is 19.8 Å². The Morgan fingerprint density at radius 2 is 1.93 bits per heavy atom. The van der Waals surface area contributed by atoms with Crippen LogP contribution >= 0.6 is 0 Å². The molecule has 3 N–H and O–H groups in total. The molecule has 0 radical (unpaired) electrons. The topological polar surface area (TPSA) is 97.9 Å². The minimum Gasteiger partial charge on any atom is -0.493 e. The SMILES string of the molecule is COc1cc(C(=O)NNC(=O)NCC2COc3ccccc3C2)ccc1OC(C)C. The number of benzene rings is 2. The lowest BCUT2D eigenvalue weighted by Gasteiger charge is -2.25. The summed E-state index contributed by atoms with van der Waals surface area (Å²) in [6.45, 7) is 4.78. The fraction of sp³-hybridized carbons (Fsp3) is 0.364. The van der Waals surface area contributed by atoms with Crippen LogP contribution in [0.5, 0.6) is 17.2 Å². The normalized spacial score (nSPS) is 14.9. The van der Waals surface area contributed by atoms with Crippen LogP contribution in [0.4, 0.5) is 4.79 Å². The van der Waals surface area contributed by atoms with Gasteiger partial charge in [-0.25, -0.2) is 10.2 Å². The number of amides is 3. The zero-order chi connectivity index (χ0) is 21.5. The molecule has 160 valence electrons. The molecule has 30 heavy (non-hydrogen) atoms. The Bertz CT molecular complexity index is 900. The van der Waals surface area contributed by atoms with Crippen molar-refractivity contribution in [1.82, 2.24) is 16.2 Å². The summed E-state index contributed by atoms with van der Waals surface area (Å²) in [7, 11) is 1.50. The number of nitrogens with one attached hydrogen (secondary N) is 3. The largest absolute Gasteiger partial charge is 0.493 e. The lowest BCUT2D eigenvalue weighted by atomic mass is 9.97. The van der Waals surface area contributed by atoms with Crippen LogP contribution in [-0.2, 0) is 6.42 Å². The third-order valence-corrected chi connectivity index (χ3v) is 4.59. The van der Waals surface area contributed by atoms with E-state index in [1.807, 2.05) is 38.1 Å². The van der Waals surface area contributed by atoms with Gasteiger partial charge in [-0.05, 0) is 50.1 Å². The maximum Gasteiger partial charge on any atom is 0.333 e. The van der Waals surface area contributed by atoms with Crippen LogP contribution in [0.1, 0.15) is 29.8 Å². The van der Waals surface area contributed by atoms with Crippen LogP contribution in [0.25, 0.3) is 0 Å². The van der Waals surface area contributed by atoms with Crippen LogP contribution in [0, 0.1) is 5.92 Å². The number of hydrazine groups is 1. The molecule has 0 aromatic heterocycles. The molecule has 1 aliphatic heterocycles. The Labute approximate surface area is 175 Å². The molecule has 0 bridgehead atoms. The van der Waals surface area contributed by atoms with Gasteiger partial charge in [0, 0.05) is 18.0 Å². The number of hydrogen-bond acceptors (Lipinski definition) is 5. The van der Waals surface area contributed by atoms with E-state index in [4.69, 9.17) is 14.2 Å². The first-order chi connectivity index (χ1) is 14.5. The van der Waals surface area contributed by atoms with Gasteiger partial charge in [-0.3, -0.25) is 10.2 Å². The Morgan fingerprint density at radius 3 is 2.70 bits per heavy atom. The average Bonchev–Trinajstić information content (AvgIpc) is 2.75. The second kappa shape index (κ2) is 9.87. The molecule has 0 aliphatic carbocycles. The van der Waals surface area contributed by atoms with E-state index < -0.39 is 11.9 Å². The lowest BCUT2D eigenvalue weighted by molar-refractivity contribution is 0.0935. The molecule has 8 heteroatoms. The van der Waals surface area contributed by atoms with Crippen LogP contribution in [0.2, 0.25) is 0 Å². The van der Waals surface area contributed by atoms with E-state index in [1.54, 1.807) is 18.2 Å². The minimum atomic E-state index is -0.492. The highest BCUT2D eigenvalue weighted by molar-refractivity contribution is 5.95. The number of hydrogen-bond donors (Lipinski definition) is 3. The zero-order valence-electron chi connectivity index (χ0n) is 17.4. The molecule has 3 amide bonds. The lowest BCUT2D eigenvalue weighted by Crippen LogP contribution is -2.48. The van der Waals surface area contributed by atoms with Crippen molar-refractivity contribution in [2.75, 3.05) is 20.3 Å². The summed E-state index contributed by atoms with van der Waals surface area (Å²) >= 11 is 0. The van der Waals surface area contributed by atoms with Gasteiger partial charge in [0.1, 0.15) is 5.75 Å².